The maximum Gasteiger partial charge on any atom is 0.146 e. The highest BCUT2D eigenvalue weighted by atomic mass is 16.5. The molecule has 0 spiro atoms. The first-order chi connectivity index (χ1) is 6.45. The first kappa shape index (κ1) is 8.31. The Morgan fingerprint density at radius 2 is 2.23 bits per heavy atom. The van der Waals surface area contributed by atoms with Crippen molar-refractivity contribution in [3.05, 3.63) is 24.2 Å². The van der Waals surface area contributed by atoms with Crippen LogP contribution in [0.1, 0.15) is 5.76 Å². The van der Waals surface area contributed by atoms with Crippen molar-refractivity contribution in [3.8, 4) is 0 Å². The van der Waals surface area contributed by atoms with Crippen molar-refractivity contribution in [2.75, 3.05) is 26.3 Å². The van der Waals surface area contributed by atoms with Crippen LogP contribution in [-0.4, -0.2) is 37.5 Å². The monoisotopic (exact) mass is 180 g/mol. The minimum atomic E-state index is 0.759. The summed E-state index contributed by atoms with van der Waals surface area (Å²) in [5.41, 5.74) is 0. The topological polar surface area (TPSA) is 38.0 Å². The highest BCUT2D eigenvalue weighted by Crippen LogP contribution is 1.99. The number of morpholine rings is 1. The highest BCUT2D eigenvalue weighted by molar-refractivity contribution is 5.75. The van der Waals surface area contributed by atoms with Crippen molar-refractivity contribution < 1.29 is 9.15 Å². The molecular weight excluding hydrogens is 168 g/mol. The summed E-state index contributed by atoms with van der Waals surface area (Å²) in [5, 5.41) is 6.24. The summed E-state index contributed by atoms with van der Waals surface area (Å²) in [6.07, 6.45) is 3.37. The Labute approximate surface area is 76.8 Å². The lowest BCUT2D eigenvalue weighted by Gasteiger charge is -2.23. The summed E-state index contributed by atoms with van der Waals surface area (Å²) in [7, 11) is 0. The van der Waals surface area contributed by atoms with E-state index in [0.29, 0.717) is 0 Å². The van der Waals surface area contributed by atoms with Crippen LogP contribution in [0.15, 0.2) is 27.9 Å². The molecule has 0 aliphatic carbocycles. The number of hydrazone groups is 1. The van der Waals surface area contributed by atoms with Gasteiger partial charge in [-0.2, -0.15) is 5.10 Å². The third kappa shape index (κ3) is 2.32. The second-order valence-corrected chi connectivity index (χ2v) is 2.83. The third-order valence-electron chi connectivity index (χ3n) is 1.88. The fourth-order valence-electron chi connectivity index (χ4n) is 1.17. The van der Waals surface area contributed by atoms with Crippen molar-refractivity contribution in [3.63, 3.8) is 0 Å². The maximum atomic E-state index is 5.20. The van der Waals surface area contributed by atoms with E-state index in [1.165, 1.54) is 0 Å². The van der Waals surface area contributed by atoms with Gasteiger partial charge in [0, 0.05) is 0 Å². The van der Waals surface area contributed by atoms with Gasteiger partial charge in [-0.3, -0.25) is 5.01 Å². The van der Waals surface area contributed by atoms with Gasteiger partial charge in [0.05, 0.1) is 38.8 Å². The molecule has 0 N–H and O–H groups in total. The number of hydrogen-bond donors (Lipinski definition) is 0. The maximum absolute atomic E-state index is 5.20. The van der Waals surface area contributed by atoms with Crippen LogP contribution in [-0.2, 0) is 4.74 Å². The molecule has 13 heavy (non-hydrogen) atoms. The van der Waals surface area contributed by atoms with Crippen LogP contribution in [0.2, 0.25) is 0 Å². The Bertz CT molecular complexity index is 263. The standard InChI is InChI=1S/C9H12N2O2/c1-2-9(13-5-1)8-10-11-3-6-12-7-4-11/h1-2,5,8H,3-4,6-7H2. The van der Waals surface area contributed by atoms with Crippen LogP contribution in [0.4, 0.5) is 0 Å². The second-order valence-electron chi connectivity index (χ2n) is 2.83. The molecule has 0 bridgehead atoms. The molecule has 4 heteroatoms. The lowest BCUT2D eigenvalue weighted by Crippen LogP contribution is -2.32. The smallest absolute Gasteiger partial charge is 0.146 e. The molecule has 2 rings (SSSR count). The van der Waals surface area contributed by atoms with E-state index in [0.717, 1.165) is 32.1 Å². The van der Waals surface area contributed by atoms with Crippen molar-refractivity contribution in [1.29, 1.82) is 0 Å². The quantitative estimate of drug-likeness (QED) is 0.636. The van der Waals surface area contributed by atoms with Gasteiger partial charge >= 0.3 is 0 Å². The molecule has 0 saturated carbocycles. The second kappa shape index (κ2) is 4.09. The molecule has 0 radical (unpaired) electrons. The molecule has 0 unspecified atom stereocenters. The van der Waals surface area contributed by atoms with Crippen LogP contribution < -0.4 is 0 Å². The van der Waals surface area contributed by atoms with Crippen molar-refractivity contribution >= 4 is 6.21 Å². The van der Waals surface area contributed by atoms with E-state index in [1.54, 1.807) is 12.5 Å². The first-order valence-electron chi connectivity index (χ1n) is 4.35. The van der Waals surface area contributed by atoms with Crippen molar-refractivity contribution in [2.24, 2.45) is 5.10 Å². The number of rotatable bonds is 2. The lowest BCUT2D eigenvalue weighted by molar-refractivity contribution is 0.0396. The zero-order chi connectivity index (χ0) is 8.93. The van der Waals surface area contributed by atoms with Gasteiger partial charge in [-0.1, -0.05) is 0 Å². The molecule has 1 aliphatic heterocycles. The molecule has 0 amide bonds. The Hall–Kier alpha value is -1.29. The molecule has 1 aliphatic rings. The molecule has 70 valence electrons. The van der Waals surface area contributed by atoms with E-state index in [4.69, 9.17) is 9.15 Å². The van der Waals surface area contributed by atoms with Gasteiger partial charge in [0.25, 0.3) is 0 Å². The Morgan fingerprint density at radius 3 is 2.92 bits per heavy atom. The summed E-state index contributed by atoms with van der Waals surface area (Å²) < 4.78 is 10.3. The van der Waals surface area contributed by atoms with Crippen molar-refractivity contribution in [2.45, 2.75) is 0 Å². The van der Waals surface area contributed by atoms with E-state index in [1.807, 2.05) is 17.1 Å². The summed E-state index contributed by atoms with van der Waals surface area (Å²) in [6.45, 7) is 3.24. The van der Waals surface area contributed by atoms with E-state index in [9.17, 15) is 0 Å². The SMILES string of the molecule is C(=NN1CCOCC1)c1ccco1. The molecule has 4 nitrogen and oxygen atoms in total. The van der Waals surface area contributed by atoms with Gasteiger partial charge in [-0.25, -0.2) is 0 Å². The Balaban J connectivity index is 1.89. The highest BCUT2D eigenvalue weighted by Gasteiger charge is 2.06. The zero-order valence-corrected chi connectivity index (χ0v) is 7.35. The predicted octanol–water partition coefficient (Wildman–Crippen LogP) is 0.946. The Morgan fingerprint density at radius 1 is 1.38 bits per heavy atom. The van der Waals surface area contributed by atoms with Crippen LogP contribution in [0, 0.1) is 0 Å². The molecule has 1 aromatic heterocycles. The average Bonchev–Trinajstić information content (AvgIpc) is 2.69. The van der Waals surface area contributed by atoms with E-state index in [-0.39, 0.29) is 0 Å². The number of ether oxygens (including phenoxy) is 1. The number of hydrogen-bond acceptors (Lipinski definition) is 4. The van der Waals surface area contributed by atoms with E-state index in [2.05, 4.69) is 5.10 Å². The first-order valence-corrected chi connectivity index (χ1v) is 4.35. The minimum Gasteiger partial charge on any atom is -0.463 e. The summed E-state index contributed by atoms with van der Waals surface area (Å²) in [5.74, 6) is 0.784. The van der Waals surface area contributed by atoms with Crippen LogP contribution in [0.25, 0.3) is 0 Å². The normalized spacial score (nSPS) is 18.3. The van der Waals surface area contributed by atoms with Crippen LogP contribution in [0.5, 0.6) is 0 Å². The molecule has 1 fully saturated rings. The predicted molar refractivity (Wildman–Crippen MR) is 48.7 cm³/mol. The van der Waals surface area contributed by atoms with Gasteiger partial charge in [-0.15, -0.1) is 0 Å². The average molecular weight is 180 g/mol. The lowest BCUT2D eigenvalue weighted by atomic mass is 10.5. The van der Waals surface area contributed by atoms with Crippen molar-refractivity contribution in [1.82, 2.24) is 5.01 Å². The summed E-state index contributed by atoms with van der Waals surface area (Å²) >= 11 is 0. The molecule has 0 aromatic carbocycles. The summed E-state index contributed by atoms with van der Waals surface area (Å²) in [6, 6.07) is 3.73. The molecule has 0 atom stereocenters. The zero-order valence-electron chi connectivity index (χ0n) is 7.35. The number of nitrogens with zero attached hydrogens (tertiary/aromatic N) is 2. The Kier molecular flexibility index (Phi) is 2.62. The molecule has 1 aromatic rings. The number of furan rings is 1. The van der Waals surface area contributed by atoms with Crippen LogP contribution in [0.3, 0.4) is 0 Å². The molecular formula is C9H12N2O2. The third-order valence-corrected chi connectivity index (χ3v) is 1.88. The van der Waals surface area contributed by atoms with Gasteiger partial charge < -0.3 is 9.15 Å². The van der Waals surface area contributed by atoms with E-state index < -0.39 is 0 Å². The van der Waals surface area contributed by atoms with Gasteiger partial charge in [-0.05, 0) is 12.1 Å². The largest absolute Gasteiger partial charge is 0.463 e. The van der Waals surface area contributed by atoms with Gasteiger partial charge in [0.2, 0.25) is 0 Å². The fraction of sp³-hybridized carbons (Fsp3) is 0.444. The van der Waals surface area contributed by atoms with E-state index >= 15 is 0 Å². The minimum absolute atomic E-state index is 0.759. The van der Waals surface area contributed by atoms with Gasteiger partial charge in [0.15, 0.2) is 0 Å². The molecule has 1 saturated heterocycles. The fourth-order valence-corrected chi connectivity index (χ4v) is 1.17. The van der Waals surface area contributed by atoms with Gasteiger partial charge in [0.1, 0.15) is 5.76 Å². The van der Waals surface area contributed by atoms with Crippen LogP contribution >= 0.6 is 0 Å². The summed E-state index contributed by atoms with van der Waals surface area (Å²) in [4.78, 5) is 0. The molecule has 2 heterocycles.